The van der Waals surface area contributed by atoms with E-state index in [1.54, 1.807) is 19.1 Å². The van der Waals surface area contributed by atoms with E-state index in [1.807, 2.05) is 23.1 Å². The molecule has 126 valence electrons. The van der Waals surface area contributed by atoms with Crippen LogP contribution in [0.25, 0.3) is 0 Å². The van der Waals surface area contributed by atoms with Gasteiger partial charge in [-0.1, -0.05) is 25.1 Å². The topological polar surface area (TPSA) is 73.5 Å². The maximum Gasteiger partial charge on any atom is 0.319 e. The molecule has 1 heterocycles. The Hall–Kier alpha value is -2.08. The number of nitrogens with one attached hydrogen (secondary N) is 3. The molecule has 2 atom stereocenters. The molecule has 1 aliphatic heterocycles. The molecule has 23 heavy (non-hydrogen) atoms. The lowest BCUT2D eigenvalue weighted by Crippen LogP contribution is -2.52. The Balaban J connectivity index is 1.90. The monoisotopic (exact) mass is 318 g/mol. The van der Waals surface area contributed by atoms with Gasteiger partial charge >= 0.3 is 6.03 Å². The maximum absolute atomic E-state index is 12.7. The molecule has 0 saturated carbocycles. The molecule has 1 saturated heterocycles. The minimum atomic E-state index is -0.550. The Kier molecular flexibility index (Phi) is 6.40. The summed E-state index contributed by atoms with van der Waals surface area (Å²) < 4.78 is 0. The first-order valence-electron chi connectivity index (χ1n) is 8.25. The van der Waals surface area contributed by atoms with Gasteiger partial charge in [-0.25, -0.2) is 4.79 Å². The highest BCUT2D eigenvalue weighted by atomic mass is 16.2. The summed E-state index contributed by atoms with van der Waals surface area (Å²) >= 11 is 0. The molecule has 2 rings (SSSR count). The van der Waals surface area contributed by atoms with E-state index in [0.29, 0.717) is 5.69 Å². The van der Waals surface area contributed by atoms with Crippen molar-refractivity contribution in [3.8, 4) is 0 Å². The summed E-state index contributed by atoms with van der Waals surface area (Å²) in [6.07, 6.45) is 1.87. The van der Waals surface area contributed by atoms with Gasteiger partial charge in [-0.05, 0) is 38.4 Å². The summed E-state index contributed by atoms with van der Waals surface area (Å²) in [6.45, 7) is 6.28. The van der Waals surface area contributed by atoms with Gasteiger partial charge in [0.2, 0.25) is 5.91 Å². The molecule has 0 spiro atoms. The standard InChI is InChI=1S/C17H26N4O2/c1-3-11-21(15-9-10-18-12-15)16(22)13(2)19-17(23)20-14-7-5-4-6-8-14/h4-8,13,15,18H,3,9-12H2,1-2H3,(H2,19,20,23). The summed E-state index contributed by atoms with van der Waals surface area (Å²) in [7, 11) is 0. The van der Waals surface area contributed by atoms with Gasteiger partial charge in [0.1, 0.15) is 6.04 Å². The van der Waals surface area contributed by atoms with E-state index >= 15 is 0 Å². The van der Waals surface area contributed by atoms with Crippen LogP contribution in [0.1, 0.15) is 26.7 Å². The van der Waals surface area contributed by atoms with Crippen molar-refractivity contribution in [1.82, 2.24) is 15.5 Å². The van der Waals surface area contributed by atoms with Gasteiger partial charge in [0, 0.05) is 24.8 Å². The van der Waals surface area contributed by atoms with E-state index in [-0.39, 0.29) is 18.0 Å². The van der Waals surface area contributed by atoms with E-state index in [4.69, 9.17) is 0 Å². The molecule has 1 aromatic rings. The lowest BCUT2D eigenvalue weighted by Gasteiger charge is -2.31. The van der Waals surface area contributed by atoms with Crippen molar-refractivity contribution in [1.29, 1.82) is 0 Å². The van der Waals surface area contributed by atoms with E-state index in [2.05, 4.69) is 22.9 Å². The van der Waals surface area contributed by atoms with Gasteiger partial charge < -0.3 is 20.9 Å². The first-order chi connectivity index (χ1) is 11.1. The normalized spacial score (nSPS) is 18.3. The first kappa shape index (κ1) is 17.3. The molecule has 0 radical (unpaired) electrons. The van der Waals surface area contributed by atoms with Gasteiger partial charge in [0.05, 0.1) is 0 Å². The highest BCUT2D eigenvalue weighted by molar-refractivity contribution is 5.93. The van der Waals surface area contributed by atoms with Gasteiger partial charge in [-0.15, -0.1) is 0 Å². The Morgan fingerprint density at radius 2 is 2.09 bits per heavy atom. The molecular formula is C17H26N4O2. The number of anilines is 1. The van der Waals surface area contributed by atoms with Crippen LogP contribution in [0.2, 0.25) is 0 Å². The lowest BCUT2D eigenvalue weighted by molar-refractivity contribution is -0.134. The Morgan fingerprint density at radius 1 is 1.35 bits per heavy atom. The van der Waals surface area contributed by atoms with Gasteiger partial charge in [0.25, 0.3) is 0 Å². The fourth-order valence-corrected chi connectivity index (χ4v) is 2.81. The molecule has 6 nitrogen and oxygen atoms in total. The van der Waals surface area contributed by atoms with Gasteiger partial charge in [-0.3, -0.25) is 4.79 Å². The second kappa shape index (κ2) is 8.53. The van der Waals surface area contributed by atoms with Crippen molar-refractivity contribution in [3.05, 3.63) is 30.3 Å². The van der Waals surface area contributed by atoms with Crippen LogP contribution in [0, 0.1) is 0 Å². The number of para-hydroxylation sites is 1. The van der Waals surface area contributed by atoms with Crippen molar-refractivity contribution in [2.75, 3.05) is 25.0 Å². The molecule has 0 aliphatic carbocycles. The summed E-state index contributed by atoms with van der Waals surface area (Å²) in [5.74, 6) is -0.0243. The van der Waals surface area contributed by atoms with Crippen LogP contribution < -0.4 is 16.0 Å². The third-order valence-electron chi connectivity index (χ3n) is 3.97. The second-order valence-corrected chi connectivity index (χ2v) is 5.86. The number of nitrogens with zero attached hydrogens (tertiary/aromatic N) is 1. The van der Waals surface area contributed by atoms with E-state index in [1.165, 1.54) is 0 Å². The SMILES string of the molecule is CCCN(C(=O)C(C)NC(=O)Nc1ccccc1)C1CCNC1. The Bertz CT molecular complexity index is 515. The van der Waals surface area contributed by atoms with Crippen LogP contribution in [0.4, 0.5) is 10.5 Å². The van der Waals surface area contributed by atoms with Gasteiger partial charge in [-0.2, -0.15) is 0 Å². The number of carbonyl (C=O) groups is 2. The molecule has 1 fully saturated rings. The van der Waals surface area contributed by atoms with E-state index < -0.39 is 6.04 Å². The second-order valence-electron chi connectivity index (χ2n) is 5.86. The predicted octanol–water partition coefficient (Wildman–Crippen LogP) is 1.80. The Morgan fingerprint density at radius 3 is 2.70 bits per heavy atom. The van der Waals surface area contributed by atoms with Crippen LogP contribution in [-0.4, -0.2) is 48.6 Å². The third kappa shape index (κ3) is 4.96. The molecule has 1 aromatic carbocycles. The van der Waals surface area contributed by atoms with E-state index in [0.717, 1.165) is 32.5 Å². The molecular weight excluding hydrogens is 292 g/mol. The zero-order chi connectivity index (χ0) is 16.7. The smallest absolute Gasteiger partial charge is 0.319 e. The van der Waals surface area contributed by atoms with Crippen molar-refractivity contribution >= 4 is 17.6 Å². The maximum atomic E-state index is 12.7. The van der Waals surface area contributed by atoms with Crippen LogP contribution in [-0.2, 0) is 4.79 Å². The molecule has 6 heteroatoms. The molecule has 0 aromatic heterocycles. The molecule has 2 unspecified atom stereocenters. The number of urea groups is 1. The minimum Gasteiger partial charge on any atom is -0.337 e. The van der Waals surface area contributed by atoms with Crippen LogP contribution in [0.15, 0.2) is 30.3 Å². The van der Waals surface area contributed by atoms with Crippen LogP contribution in [0.5, 0.6) is 0 Å². The molecule has 3 N–H and O–H groups in total. The predicted molar refractivity (Wildman–Crippen MR) is 91.3 cm³/mol. The summed E-state index contributed by atoms with van der Waals surface area (Å²) in [5, 5.41) is 8.75. The molecule has 0 bridgehead atoms. The van der Waals surface area contributed by atoms with Crippen molar-refractivity contribution < 1.29 is 9.59 Å². The highest BCUT2D eigenvalue weighted by Crippen LogP contribution is 2.11. The quantitative estimate of drug-likeness (QED) is 0.749. The van der Waals surface area contributed by atoms with E-state index in [9.17, 15) is 9.59 Å². The Labute approximate surface area is 137 Å². The summed E-state index contributed by atoms with van der Waals surface area (Å²) in [4.78, 5) is 26.6. The number of carbonyl (C=O) groups excluding carboxylic acids is 2. The van der Waals surface area contributed by atoms with Crippen molar-refractivity contribution in [2.45, 2.75) is 38.8 Å². The summed E-state index contributed by atoms with van der Waals surface area (Å²) in [6, 6.07) is 8.50. The zero-order valence-corrected chi connectivity index (χ0v) is 13.8. The number of hydrogen-bond acceptors (Lipinski definition) is 3. The highest BCUT2D eigenvalue weighted by Gasteiger charge is 2.29. The molecule has 1 aliphatic rings. The van der Waals surface area contributed by atoms with Crippen LogP contribution in [0.3, 0.4) is 0 Å². The average Bonchev–Trinajstić information content (AvgIpc) is 3.06. The lowest BCUT2D eigenvalue weighted by atomic mass is 10.1. The fraction of sp³-hybridized carbons (Fsp3) is 0.529. The zero-order valence-electron chi connectivity index (χ0n) is 13.8. The minimum absolute atomic E-state index is 0.0243. The van der Waals surface area contributed by atoms with Crippen molar-refractivity contribution in [2.24, 2.45) is 0 Å². The first-order valence-corrected chi connectivity index (χ1v) is 8.25. The number of hydrogen-bond donors (Lipinski definition) is 3. The third-order valence-corrected chi connectivity index (χ3v) is 3.97. The summed E-state index contributed by atoms with van der Waals surface area (Å²) in [5.41, 5.74) is 0.704. The van der Waals surface area contributed by atoms with Gasteiger partial charge in [0.15, 0.2) is 0 Å². The van der Waals surface area contributed by atoms with Crippen molar-refractivity contribution in [3.63, 3.8) is 0 Å². The fourth-order valence-electron chi connectivity index (χ4n) is 2.81. The number of amides is 3. The largest absolute Gasteiger partial charge is 0.337 e. The average molecular weight is 318 g/mol. The number of benzene rings is 1. The van der Waals surface area contributed by atoms with Crippen LogP contribution >= 0.6 is 0 Å². The number of rotatable bonds is 6. The molecule has 3 amide bonds.